The Bertz CT molecular complexity index is 1170. The van der Waals surface area contributed by atoms with Crippen molar-refractivity contribution in [1.29, 1.82) is 0 Å². The van der Waals surface area contributed by atoms with Gasteiger partial charge in [0.1, 0.15) is 5.82 Å². The Kier molecular flexibility index (Phi) is 4.63. The number of carbonyl (C=O) groups is 1. The first-order chi connectivity index (χ1) is 14.7. The zero-order chi connectivity index (χ0) is 20.5. The van der Waals surface area contributed by atoms with Crippen molar-refractivity contribution in [2.45, 2.75) is 25.8 Å². The van der Waals surface area contributed by atoms with Gasteiger partial charge in [0.05, 0.1) is 41.6 Å². The molecule has 0 spiro atoms. The van der Waals surface area contributed by atoms with E-state index in [9.17, 15) is 4.79 Å². The summed E-state index contributed by atoms with van der Waals surface area (Å²) in [4.78, 5) is 25.0. The Labute approximate surface area is 174 Å². The van der Waals surface area contributed by atoms with Gasteiger partial charge in [-0.2, -0.15) is 15.0 Å². The van der Waals surface area contributed by atoms with Gasteiger partial charge in [-0.3, -0.25) is 4.79 Å². The molecule has 150 valence electrons. The topological polar surface area (TPSA) is 79.7 Å². The number of carbonyl (C=O) groups excluding carboxylic acids is 1. The first-order valence-corrected chi connectivity index (χ1v) is 10.1. The summed E-state index contributed by atoms with van der Waals surface area (Å²) in [5.41, 5.74) is 4.35. The second-order valence-electron chi connectivity index (χ2n) is 7.55. The van der Waals surface area contributed by atoms with Crippen LogP contribution in [0.2, 0.25) is 0 Å². The van der Waals surface area contributed by atoms with E-state index in [1.807, 2.05) is 66.6 Å². The highest BCUT2D eigenvalue weighted by Gasteiger charge is 2.33. The van der Waals surface area contributed by atoms with Crippen LogP contribution < -0.4 is 0 Å². The summed E-state index contributed by atoms with van der Waals surface area (Å²) >= 11 is 0. The molecule has 7 heteroatoms. The van der Waals surface area contributed by atoms with Gasteiger partial charge in [-0.05, 0) is 37.5 Å². The summed E-state index contributed by atoms with van der Waals surface area (Å²) in [6.07, 6.45) is 6.94. The minimum absolute atomic E-state index is 0.0133. The summed E-state index contributed by atoms with van der Waals surface area (Å²) in [5, 5.41) is 8.46. The van der Waals surface area contributed by atoms with Crippen molar-refractivity contribution in [2.75, 3.05) is 6.54 Å². The van der Waals surface area contributed by atoms with Crippen LogP contribution >= 0.6 is 0 Å². The van der Waals surface area contributed by atoms with Gasteiger partial charge in [-0.15, -0.1) is 0 Å². The van der Waals surface area contributed by atoms with E-state index in [0.29, 0.717) is 17.8 Å². The van der Waals surface area contributed by atoms with E-state index in [4.69, 9.17) is 0 Å². The number of imidazole rings is 1. The number of H-pyrrole nitrogens is 1. The molecule has 1 aliphatic rings. The van der Waals surface area contributed by atoms with Crippen molar-refractivity contribution in [3.8, 4) is 17.1 Å². The van der Waals surface area contributed by atoms with Crippen LogP contribution in [0.25, 0.3) is 17.1 Å². The van der Waals surface area contributed by atoms with Crippen molar-refractivity contribution in [2.24, 2.45) is 0 Å². The molecule has 30 heavy (non-hydrogen) atoms. The Hall–Kier alpha value is -3.74. The first kappa shape index (κ1) is 18.3. The third kappa shape index (κ3) is 3.28. The lowest BCUT2D eigenvalue weighted by atomic mass is 10.1. The van der Waals surface area contributed by atoms with Crippen LogP contribution in [0.15, 0.2) is 67.1 Å². The monoisotopic (exact) mass is 398 g/mol. The van der Waals surface area contributed by atoms with Crippen molar-refractivity contribution in [3.05, 3.63) is 83.9 Å². The lowest BCUT2D eigenvalue weighted by Gasteiger charge is -2.25. The van der Waals surface area contributed by atoms with Crippen LogP contribution in [-0.4, -0.2) is 42.3 Å². The lowest BCUT2D eigenvalue weighted by molar-refractivity contribution is 0.0733. The van der Waals surface area contributed by atoms with E-state index in [1.54, 1.807) is 12.4 Å². The van der Waals surface area contributed by atoms with E-state index in [1.165, 1.54) is 4.80 Å². The molecule has 0 unspecified atom stereocenters. The lowest BCUT2D eigenvalue weighted by Crippen LogP contribution is -2.31. The van der Waals surface area contributed by atoms with Gasteiger partial charge in [0.15, 0.2) is 0 Å². The second kappa shape index (κ2) is 7.59. The Morgan fingerprint density at radius 1 is 1.10 bits per heavy atom. The largest absolute Gasteiger partial charge is 0.340 e. The molecule has 4 aromatic rings. The predicted molar refractivity (Wildman–Crippen MR) is 113 cm³/mol. The normalized spacial score (nSPS) is 16.2. The number of nitrogens with one attached hydrogen (secondary N) is 1. The van der Waals surface area contributed by atoms with E-state index in [2.05, 4.69) is 20.2 Å². The van der Waals surface area contributed by atoms with Gasteiger partial charge in [-0.25, -0.2) is 4.98 Å². The van der Waals surface area contributed by atoms with Crippen LogP contribution in [0.3, 0.4) is 0 Å². The molecule has 1 fully saturated rings. The quantitative estimate of drug-likeness (QED) is 0.565. The molecule has 5 rings (SSSR count). The van der Waals surface area contributed by atoms with Crippen molar-refractivity contribution in [1.82, 2.24) is 29.9 Å². The molecule has 2 aromatic heterocycles. The molecule has 0 radical (unpaired) electrons. The fourth-order valence-electron chi connectivity index (χ4n) is 4.06. The van der Waals surface area contributed by atoms with E-state index in [-0.39, 0.29) is 11.9 Å². The fraction of sp³-hybridized carbons (Fsp3) is 0.217. The molecule has 7 nitrogen and oxygen atoms in total. The number of rotatable bonds is 4. The van der Waals surface area contributed by atoms with E-state index in [0.717, 1.165) is 35.5 Å². The van der Waals surface area contributed by atoms with Crippen molar-refractivity contribution >= 4 is 5.91 Å². The van der Waals surface area contributed by atoms with Crippen molar-refractivity contribution in [3.63, 3.8) is 0 Å². The zero-order valence-corrected chi connectivity index (χ0v) is 16.7. The number of aromatic nitrogens is 5. The molecular formula is C23H22N6O. The van der Waals surface area contributed by atoms with Crippen LogP contribution in [0, 0.1) is 6.92 Å². The number of hydrogen-bond donors (Lipinski definition) is 1. The summed E-state index contributed by atoms with van der Waals surface area (Å²) in [7, 11) is 0. The summed E-state index contributed by atoms with van der Waals surface area (Å²) in [6.45, 7) is 2.71. The number of nitrogens with zero attached hydrogens (tertiary/aromatic N) is 5. The molecule has 1 saturated heterocycles. The average molecular weight is 398 g/mol. The Balaban J connectivity index is 1.47. The smallest absolute Gasteiger partial charge is 0.256 e. The summed E-state index contributed by atoms with van der Waals surface area (Å²) in [6, 6.07) is 15.8. The summed E-state index contributed by atoms with van der Waals surface area (Å²) < 4.78 is 0. The van der Waals surface area contributed by atoms with Gasteiger partial charge in [-0.1, -0.05) is 36.4 Å². The van der Waals surface area contributed by atoms with Gasteiger partial charge >= 0.3 is 0 Å². The first-order valence-electron chi connectivity index (χ1n) is 10.1. The highest BCUT2D eigenvalue weighted by Crippen LogP contribution is 2.34. The Morgan fingerprint density at radius 2 is 1.90 bits per heavy atom. The third-order valence-electron chi connectivity index (χ3n) is 5.53. The molecule has 0 bridgehead atoms. The molecule has 0 aliphatic carbocycles. The van der Waals surface area contributed by atoms with Gasteiger partial charge < -0.3 is 9.88 Å². The number of hydrogen-bond acceptors (Lipinski definition) is 4. The van der Waals surface area contributed by atoms with E-state index >= 15 is 0 Å². The third-order valence-corrected chi connectivity index (χ3v) is 5.53. The second-order valence-corrected chi connectivity index (χ2v) is 7.55. The minimum atomic E-state index is -0.0257. The Morgan fingerprint density at radius 3 is 2.70 bits per heavy atom. The number of likely N-dealkylation sites (tertiary alicyclic amines) is 1. The number of aryl methyl sites for hydroxylation is 1. The molecule has 1 atom stereocenters. The standard InChI is InChI=1S/C23H22N6O/c1-16-9-10-18(21(14-16)29-25-11-12-26-29)23(30)28-13-5-8-20(28)19-15-24-22(27-19)17-6-3-2-4-7-17/h2-4,6-7,9-12,14-15,20H,5,8,13H2,1H3,(H,24,27)/t20-/m0/s1. The molecular weight excluding hydrogens is 376 g/mol. The number of amides is 1. The average Bonchev–Trinajstić information content (AvgIpc) is 3.55. The highest BCUT2D eigenvalue weighted by atomic mass is 16.2. The fourth-order valence-corrected chi connectivity index (χ4v) is 4.06. The van der Waals surface area contributed by atoms with Crippen LogP contribution in [0.1, 0.15) is 40.5 Å². The van der Waals surface area contributed by atoms with Crippen LogP contribution in [-0.2, 0) is 0 Å². The molecule has 1 N–H and O–H groups in total. The number of benzene rings is 2. The molecule has 0 saturated carbocycles. The maximum absolute atomic E-state index is 13.6. The SMILES string of the molecule is Cc1ccc(C(=O)N2CCC[C@H]2c2cnc(-c3ccccc3)[nH]2)c(-n2nccn2)c1. The molecule has 1 aliphatic heterocycles. The predicted octanol–water partition coefficient (Wildman–Crippen LogP) is 3.94. The minimum Gasteiger partial charge on any atom is -0.340 e. The van der Waals surface area contributed by atoms with Crippen LogP contribution in [0.4, 0.5) is 0 Å². The van der Waals surface area contributed by atoms with Gasteiger partial charge in [0.2, 0.25) is 0 Å². The maximum Gasteiger partial charge on any atom is 0.256 e. The molecule has 1 amide bonds. The van der Waals surface area contributed by atoms with Gasteiger partial charge in [0, 0.05) is 12.1 Å². The highest BCUT2D eigenvalue weighted by molar-refractivity contribution is 5.98. The zero-order valence-electron chi connectivity index (χ0n) is 16.7. The van der Waals surface area contributed by atoms with Crippen LogP contribution in [0.5, 0.6) is 0 Å². The summed E-state index contributed by atoms with van der Waals surface area (Å²) in [5.74, 6) is 0.808. The van der Waals surface area contributed by atoms with Gasteiger partial charge in [0.25, 0.3) is 5.91 Å². The van der Waals surface area contributed by atoms with E-state index < -0.39 is 0 Å². The van der Waals surface area contributed by atoms with Crippen molar-refractivity contribution < 1.29 is 4.79 Å². The molecule has 2 aromatic carbocycles. The number of aromatic amines is 1. The molecule has 3 heterocycles. The maximum atomic E-state index is 13.6.